The number of carbonyl (C=O) groups excluding carboxylic acids is 1. The molecule has 1 fully saturated rings. The van der Waals surface area contributed by atoms with Gasteiger partial charge >= 0.3 is 0 Å². The molecule has 0 bridgehead atoms. The van der Waals surface area contributed by atoms with Crippen LogP contribution in [0.25, 0.3) is 11.1 Å². The SMILES string of the molecule is COc1cc(C)ccc1CN1CCOC(c2ccc(-c3cccc(C(N)=O)c3)cn2)C1. The summed E-state index contributed by atoms with van der Waals surface area (Å²) in [6.45, 7) is 5.16. The highest BCUT2D eigenvalue weighted by Gasteiger charge is 2.24. The smallest absolute Gasteiger partial charge is 0.248 e. The Morgan fingerprint density at radius 3 is 2.81 bits per heavy atom. The lowest BCUT2D eigenvalue weighted by atomic mass is 10.0. The minimum Gasteiger partial charge on any atom is -0.496 e. The molecule has 4 rings (SSSR count). The number of aromatic nitrogens is 1. The predicted molar refractivity (Wildman–Crippen MR) is 120 cm³/mol. The lowest BCUT2D eigenvalue weighted by Crippen LogP contribution is -2.38. The van der Waals surface area contributed by atoms with Crippen molar-refractivity contribution in [2.24, 2.45) is 5.73 Å². The Morgan fingerprint density at radius 1 is 1.19 bits per heavy atom. The topological polar surface area (TPSA) is 77.7 Å². The Bertz CT molecular complexity index is 1070. The first-order chi connectivity index (χ1) is 15.0. The molecule has 1 aromatic heterocycles. The minimum absolute atomic E-state index is 0.0869. The first-order valence-corrected chi connectivity index (χ1v) is 10.4. The van der Waals surface area contributed by atoms with E-state index in [2.05, 4.69) is 35.0 Å². The van der Waals surface area contributed by atoms with Crippen molar-refractivity contribution < 1.29 is 14.3 Å². The zero-order valence-corrected chi connectivity index (χ0v) is 17.9. The molecule has 1 atom stereocenters. The van der Waals surface area contributed by atoms with Gasteiger partial charge < -0.3 is 15.2 Å². The number of methoxy groups -OCH3 is 1. The Kier molecular flexibility index (Phi) is 6.30. The van der Waals surface area contributed by atoms with Gasteiger partial charge in [0, 0.05) is 42.5 Å². The molecule has 0 saturated carbocycles. The summed E-state index contributed by atoms with van der Waals surface area (Å²) in [7, 11) is 1.71. The van der Waals surface area contributed by atoms with Crippen LogP contribution in [0.1, 0.15) is 33.3 Å². The van der Waals surface area contributed by atoms with Crippen LogP contribution in [0.15, 0.2) is 60.8 Å². The van der Waals surface area contributed by atoms with Crippen molar-refractivity contribution in [2.75, 3.05) is 26.8 Å². The number of primary amides is 1. The molecular formula is C25H27N3O3. The maximum absolute atomic E-state index is 11.4. The van der Waals surface area contributed by atoms with Gasteiger partial charge in [-0.2, -0.15) is 0 Å². The Labute approximate surface area is 182 Å². The first kappa shape index (κ1) is 21.0. The van der Waals surface area contributed by atoms with Gasteiger partial charge in [0.15, 0.2) is 0 Å². The van der Waals surface area contributed by atoms with Gasteiger partial charge in [-0.05, 0) is 42.3 Å². The monoisotopic (exact) mass is 417 g/mol. The lowest BCUT2D eigenvalue weighted by Gasteiger charge is -2.33. The summed E-state index contributed by atoms with van der Waals surface area (Å²) in [6, 6.07) is 17.6. The number of amides is 1. The normalized spacial score (nSPS) is 16.8. The van der Waals surface area contributed by atoms with Crippen LogP contribution in [0.3, 0.4) is 0 Å². The fourth-order valence-corrected chi connectivity index (χ4v) is 3.87. The average molecular weight is 418 g/mol. The fourth-order valence-electron chi connectivity index (χ4n) is 3.87. The molecule has 1 amide bonds. The van der Waals surface area contributed by atoms with E-state index in [1.54, 1.807) is 19.2 Å². The van der Waals surface area contributed by atoms with Crippen LogP contribution in [0.2, 0.25) is 0 Å². The van der Waals surface area contributed by atoms with Gasteiger partial charge in [0.1, 0.15) is 11.9 Å². The highest BCUT2D eigenvalue weighted by Crippen LogP contribution is 2.27. The summed E-state index contributed by atoms with van der Waals surface area (Å²) in [5, 5.41) is 0. The molecule has 0 spiro atoms. The lowest BCUT2D eigenvalue weighted by molar-refractivity contribution is -0.0351. The van der Waals surface area contributed by atoms with Crippen LogP contribution >= 0.6 is 0 Å². The van der Waals surface area contributed by atoms with Crippen molar-refractivity contribution in [1.82, 2.24) is 9.88 Å². The summed E-state index contributed by atoms with van der Waals surface area (Å²) < 4.78 is 11.6. The molecule has 6 nitrogen and oxygen atoms in total. The molecule has 1 aliphatic heterocycles. The number of ether oxygens (including phenoxy) is 2. The molecule has 160 valence electrons. The molecule has 2 heterocycles. The van der Waals surface area contributed by atoms with E-state index >= 15 is 0 Å². The second-order valence-electron chi connectivity index (χ2n) is 7.83. The van der Waals surface area contributed by atoms with Crippen LogP contribution in [0, 0.1) is 6.92 Å². The van der Waals surface area contributed by atoms with E-state index < -0.39 is 5.91 Å². The third kappa shape index (κ3) is 4.93. The van der Waals surface area contributed by atoms with Crippen molar-refractivity contribution in [1.29, 1.82) is 0 Å². The minimum atomic E-state index is -0.438. The van der Waals surface area contributed by atoms with Crippen molar-refractivity contribution in [3.63, 3.8) is 0 Å². The van der Waals surface area contributed by atoms with Gasteiger partial charge in [0.05, 0.1) is 19.4 Å². The Balaban J connectivity index is 1.46. The number of benzene rings is 2. The summed E-state index contributed by atoms with van der Waals surface area (Å²) in [5.74, 6) is 0.482. The van der Waals surface area contributed by atoms with E-state index in [0.717, 1.165) is 42.2 Å². The summed E-state index contributed by atoms with van der Waals surface area (Å²) in [5.41, 5.74) is 11.0. The van der Waals surface area contributed by atoms with Gasteiger partial charge in [-0.1, -0.05) is 30.3 Å². The molecule has 6 heteroatoms. The van der Waals surface area contributed by atoms with E-state index in [1.807, 2.05) is 30.5 Å². The van der Waals surface area contributed by atoms with Gasteiger partial charge in [0.25, 0.3) is 0 Å². The molecule has 2 aromatic carbocycles. The van der Waals surface area contributed by atoms with Crippen molar-refractivity contribution in [2.45, 2.75) is 19.6 Å². The predicted octanol–water partition coefficient (Wildman–Crippen LogP) is 3.74. The molecule has 1 aliphatic rings. The maximum Gasteiger partial charge on any atom is 0.248 e. The zero-order valence-electron chi connectivity index (χ0n) is 17.9. The molecule has 1 unspecified atom stereocenters. The zero-order chi connectivity index (χ0) is 21.8. The van der Waals surface area contributed by atoms with E-state index in [9.17, 15) is 4.79 Å². The number of aryl methyl sites for hydroxylation is 1. The molecule has 0 aliphatic carbocycles. The Hall–Kier alpha value is -3.22. The third-order valence-electron chi connectivity index (χ3n) is 5.58. The molecule has 2 N–H and O–H groups in total. The van der Waals surface area contributed by atoms with Gasteiger partial charge in [-0.15, -0.1) is 0 Å². The fraction of sp³-hybridized carbons (Fsp3) is 0.280. The number of hydrogen-bond acceptors (Lipinski definition) is 5. The standard InChI is InChI=1S/C25H27N3O3/c1-17-6-7-21(23(12-17)30-2)15-28-10-11-31-24(16-28)22-9-8-20(14-27-22)18-4-3-5-19(13-18)25(26)29/h3-9,12-14,24H,10-11,15-16H2,1-2H3,(H2,26,29). The van der Waals surface area contributed by atoms with E-state index in [4.69, 9.17) is 15.2 Å². The van der Waals surface area contributed by atoms with Crippen LogP contribution < -0.4 is 10.5 Å². The molecule has 3 aromatic rings. The average Bonchev–Trinajstić information content (AvgIpc) is 2.80. The van der Waals surface area contributed by atoms with E-state index in [1.165, 1.54) is 11.1 Å². The Morgan fingerprint density at radius 2 is 2.06 bits per heavy atom. The molecule has 1 saturated heterocycles. The van der Waals surface area contributed by atoms with Crippen molar-refractivity contribution >= 4 is 5.91 Å². The second kappa shape index (κ2) is 9.29. The quantitative estimate of drug-likeness (QED) is 0.661. The van der Waals surface area contributed by atoms with Gasteiger partial charge in [0.2, 0.25) is 5.91 Å². The number of hydrogen-bond donors (Lipinski definition) is 1. The third-order valence-corrected chi connectivity index (χ3v) is 5.58. The van der Waals surface area contributed by atoms with Crippen LogP contribution in [0.4, 0.5) is 0 Å². The number of nitrogens with zero attached hydrogens (tertiary/aromatic N) is 2. The number of carbonyl (C=O) groups is 1. The van der Waals surface area contributed by atoms with E-state index in [-0.39, 0.29) is 6.10 Å². The highest BCUT2D eigenvalue weighted by molar-refractivity contribution is 5.94. The number of rotatable bonds is 6. The van der Waals surface area contributed by atoms with Gasteiger partial charge in [-0.3, -0.25) is 14.7 Å². The van der Waals surface area contributed by atoms with Crippen LogP contribution in [0.5, 0.6) is 5.75 Å². The number of morpholine rings is 1. The van der Waals surface area contributed by atoms with Crippen LogP contribution in [-0.2, 0) is 11.3 Å². The second-order valence-corrected chi connectivity index (χ2v) is 7.83. The summed E-state index contributed by atoms with van der Waals surface area (Å²) >= 11 is 0. The molecular weight excluding hydrogens is 390 g/mol. The van der Waals surface area contributed by atoms with E-state index in [0.29, 0.717) is 12.2 Å². The number of pyridine rings is 1. The first-order valence-electron chi connectivity index (χ1n) is 10.4. The van der Waals surface area contributed by atoms with Crippen LogP contribution in [-0.4, -0.2) is 42.6 Å². The van der Waals surface area contributed by atoms with Crippen molar-refractivity contribution in [3.8, 4) is 16.9 Å². The molecule has 31 heavy (non-hydrogen) atoms. The number of nitrogens with two attached hydrogens (primary N) is 1. The maximum atomic E-state index is 11.4. The largest absolute Gasteiger partial charge is 0.496 e. The summed E-state index contributed by atoms with van der Waals surface area (Å²) in [4.78, 5) is 18.5. The van der Waals surface area contributed by atoms with Gasteiger partial charge in [-0.25, -0.2) is 0 Å². The molecule has 0 radical (unpaired) electrons. The summed E-state index contributed by atoms with van der Waals surface area (Å²) in [6.07, 6.45) is 1.73. The highest BCUT2D eigenvalue weighted by atomic mass is 16.5. The van der Waals surface area contributed by atoms with Crippen molar-refractivity contribution in [3.05, 3.63) is 83.2 Å².